The topological polar surface area (TPSA) is 108 Å². The monoisotopic (exact) mass is 1200 g/mol. The number of aromatic nitrogens is 6. The van der Waals surface area contributed by atoms with Crippen molar-refractivity contribution in [3.63, 3.8) is 0 Å². The van der Waals surface area contributed by atoms with Crippen LogP contribution >= 0.6 is 46.4 Å². The molecule has 0 atom stereocenters. The molecule has 0 aliphatic carbocycles. The molecule has 0 bridgehead atoms. The minimum absolute atomic E-state index is 0.162. The van der Waals surface area contributed by atoms with Crippen molar-refractivity contribution in [2.75, 3.05) is 13.2 Å². The fraction of sp³-hybridized carbons (Fsp3) is 0.114. The Morgan fingerprint density at radius 1 is 0.500 bits per heavy atom. The average molecular weight is 1200 g/mol. The van der Waals surface area contributed by atoms with Crippen molar-refractivity contribution in [2.24, 2.45) is 11.8 Å². The number of nitrogens with zero attached hydrogens (tertiary/aromatic N) is 8. The summed E-state index contributed by atoms with van der Waals surface area (Å²) in [6.45, 7) is 17.7. The number of ether oxygens (including phenoxy) is 2. The van der Waals surface area contributed by atoms with Crippen LogP contribution in [0, 0.1) is 29.7 Å². The van der Waals surface area contributed by atoms with Gasteiger partial charge >= 0.3 is 13.7 Å². The molecule has 0 amide bonds. The summed E-state index contributed by atoms with van der Waals surface area (Å²) in [6, 6.07) is 66.5. The van der Waals surface area contributed by atoms with Gasteiger partial charge in [0, 0.05) is 44.8 Å². The second-order valence-electron chi connectivity index (χ2n) is 21.8. The first-order chi connectivity index (χ1) is 41.9. The highest BCUT2D eigenvalue weighted by Gasteiger charge is 2.37. The number of fused-ring (bicyclic) bond motifs is 3. The Morgan fingerprint density at radius 2 is 0.872 bits per heavy atom. The van der Waals surface area contributed by atoms with Gasteiger partial charge in [-0.25, -0.2) is 9.83 Å². The predicted molar refractivity (Wildman–Crippen MR) is 354 cm³/mol. The second kappa shape index (κ2) is 24.8. The van der Waals surface area contributed by atoms with Gasteiger partial charge in [0.05, 0.1) is 79.2 Å². The first-order valence-electron chi connectivity index (χ1n) is 28.1. The molecule has 0 saturated carbocycles. The van der Waals surface area contributed by atoms with Crippen LogP contribution in [0.2, 0.25) is 20.1 Å². The van der Waals surface area contributed by atoms with Gasteiger partial charge in [-0.3, -0.25) is 15.0 Å². The summed E-state index contributed by atoms with van der Waals surface area (Å²) in [5.41, 5.74) is 9.13. The maximum atomic E-state index is 12.4. The van der Waals surface area contributed by atoms with Crippen molar-refractivity contribution in [3.8, 4) is 40.1 Å². The predicted octanol–water partition coefficient (Wildman–Crippen LogP) is 13.5. The summed E-state index contributed by atoms with van der Waals surface area (Å²) >= 11 is 26.7. The number of benzene rings is 8. The number of halogens is 4. The molecule has 418 valence electrons. The largest absolute Gasteiger partial charge is 0.493 e. The molecule has 12 aromatic rings. The van der Waals surface area contributed by atoms with Gasteiger partial charge in [-0.15, -0.1) is 0 Å². The number of rotatable bonds is 16. The van der Waals surface area contributed by atoms with Crippen molar-refractivity contribution in [1.82, 2.24) is 28.9 Å². The van der Waals surface area contributed by atoms with Crippen LogP contribution in [0.25, 0.3) is 71.5 Å². The van der Waals surface area contributed by atoms with Crippen LogP contribution in [0.3, 0.4) is 0 Å². The fourth-order valence-electron chi connectivity index (χ4n) is 11.2. The van der Waals surface area contributed by atoms with Crippen LogP contribution in [0.1, 0.15) is 39.1 Å². The molecule has 0 aliphatic rings. The van der Waals surface area contributed by atoms with Crippen LogP contribution in [0.5, 0.6) is 11.5 Å². The minimum atomic E-state index is -0.655. The summed E-state index contributed by atoms with van der Waals surface area (Å²) < 4.78 is 17.8. The number of nitriles is 1. The Hall–Kier alpha value is -9.13. The van der Waals surface area contributed by atoms with Gasteiger partial charge < -0.3 is 18.4 Å². The lowest BCUT2D eigenvalue weighted by Gasteiger charge is -2.25. The smallest absolute Gasteiger partial charge is 0.328 e. The average Bonchev–Trinajstić information content (AvgIpc) is 1.68. The summed E-state index contributed by atoms with van der Waals surface area (Å²) in [4.78, 5) is 25.0. The molecule has 16 heteroatoms. The van der Waals surface area contributed by atoms with E-state index in [1.165, 1.54) is 0 Å². The van der Waals surface area contributed by atoms with E-state index >= 15 is 0 Å². The van der Waals surface area contributed by atoms with Crippen LogP contribution in [-0.2, 0) is 0 Å². The molecule has 0 saturated heterocycles. The van der Waals surface area contributed by atoms with E-state index in [2.05, 4.69) is 108 Å². The van der Waals surface area contributed by atoms with Crippen molar-refractivity contribution >= 4 is 126 Å². The molecule has 0 fully saturated rings. The zero-order valence-electron chi connectivity index (χ0n) is 47.3. The molecule has 86 heavy (non-hydrogen) atoms. The summed E-state index contributed by atoms with van der Waals surface area (Å²) in [5, 5.41) is 15.9. The normalized spacial score (nSPS) is 12.1. The Morgan fingerprint density at radius 3 is 1.27 bits per heavy atom. The van der Waals surface area contributed by atoms with Crippen LogP contribution < -0.4 is 42.0 Å². The van der Waals surface area contributed by atoms with Crippen molar-refractivity contribution in [3.05, 3.63) is 260 Å². The van der Waals surface area contributed by atoms with Crippen LogP contribution in [-0.4, -0.2) is 55.8 Å². The van der Waals surface area contributed by atoms with E-state index in [0.29, 0.717) is 89.7 Å². The maximum absolute atomic E-state index is 12.4. The summed E-state index contributed by atoms with van der Waals surface area (Å²) in [7, 11) is 0. The first kappa shape index (κ1) is 57.3. The molecule has 4 aromatic heterocycles. The summed E-state index contributed by atoms with van der Waals surface area (Å²) in [6.07, 6.45) is 3.23. The van der Waals surface area contributed by atoms with Crippen molar-refractivity contribution in [1.29, 1.82) is 5.26 Å². The van der Waals surface area contributed by atoms with Gasteiger partial charge in [0.15, 0.2) is 0 Å². The van der Waals surface area contributed by atoms with Gasteiger partial charge in [-0.05, 0) is 60.4 Å². The first-order valence-corrected chi connectivity index (χ1v) is 29.6. The van der Waals surface area contributed by atoms with Gasteiger partial charge in [0.25, 0.3) is 0 Å². The van der Waals surface area contributed by atoms with E-state index in [9.17, 15) is 11.8 Å². The van der Waals surface area contributed by atoms with E-state index in [1.54, 1.807) is 36.7 Å². The standard InChI is InChI=1S/C70H52B2Cl4N8O2/c1-43(2)41-85-51-30-18-20-45(32-51)67-64-65(70(66(78-5)63-40-80-59-35-55(74)57(76)37-61(59)82-63)84(67)72(49-26-14-8-15-27-49)50-28-16-9-17-29-50)68(46-21-19-31-52(33-46)86-42-44(3)4)83(71(47-22-10-6-11-23-47)48-24-12-7-13-25-48)69(64)53(38-77)62-39-79-58-34-54(73)56(75)36-60(58)81-62/h6-37,39-40,43-44H,41-42H2,1-4H3/b69-53-,70-66+. The van der Waals surface area contributed by atoms with Crippen molar-refractivity contribution in [2.45, 2.75) is 27.7 Å². The van der Waals surface area contributed by atoms with E-state index in [-0.39, 0.29) is 44.5 Å². The highest BCUT2D eigenvalue weighted by Crippen LogP contribution is 2.39. The third kappa shape index (κ3) is 11.2. The lowest BCUT2D eigenvalue weighted by molar-refractivity contribution is 0.271. The Balaban J connectivity index is 1.44. The van der Waals surface area contributed by atoms with Crippen molar-refractivity contribution < 1.29 is 9.47 Å². The molecule has 0 aliphatic heterocycles. The van der Waals surface area contributed by atoms with Crippen LogP contribution in [0.4, 0.5) is 0 Å². The molecule has 10 nitrogen and oxygen atoms in total. The molecule has 0 N–H and O–H groups in total. The molecule has 12 rings (SSSR count). The second-order valence-corrected chi connectivity index (χ2v) is 23.4. The summed E-state index contributed by atoms with van der Waals surface area (Å²) in [5.74, 6) is 1.68. The van der Waals surface area contributed by atoms with E-state index < -0.39 is 13.7 Å². The van der Waals surface area contributed by atoms with Gasteiger partial charge in [0.2, 0.25) is 5.70 Å². The van der Waals surface area contributed by atoms with E-state index in [0.717, 1.165) is 33.0 Å². The number of hydrogen-bond acceptors (Lipinski definition) is 7. The molecular weight excluding hydrogens is 1150 g/mol. The lowest BCUT2D eigenvalue weighted by Crippen LogP contribution is -2.54. The van der Waals surface area contributed by atoms with Gasteiger partial charge in [-0.2, -0.15) is 5.26 Å². The Bertz CT molecular complexity index is 4380. The number of hydrogen-bond donors (Lipinski definition) is 0. The van der Waals surface area contributed by atoms with Crippen LogP contribution in [0.15, 0.2) is 207 Å². The maximum Gasteiger partial charge on any atom is 0.328 e. The highest BCUT2D eigenvalue weighted by molar-refractivity contribution is 6.85. The highest BCUT2D eigenvalue weighted by atomic mass is 35.5. The fourth-order valence-corrected chi connectivity index (χ4v) is 11.8. The SMILES string of the molecule is [C-]#[N+]/C(c1cnc2cc(Cl)c(Cl)cc2n1)=c1\c2c(-c3cccc(OCC(C)C)c3)n(B(c3ccccc3)c3ccccc3)/c(=C(/C#N)c3cnc4cc(Cl)c(Cl)cc4n3)c2c(-c2cccc(OCC(C)C)c2)n1B(c1ccccc1)c1ccccc1. The molecule has 4 heterocycles. The molecule has 0 radical (unpaired) electrons. The zero-order valence-corrected chi connectivity index (χ0v) is 50.3. The third-order valence-corrected chi connectivity index (χ3v) is 16.3. The zero-order chi connectivity index (χ0) is 59.6. The lowest BCUT2D eigenvalue weighted by atomic mass is 9.50. The molecule has 0 spiro atoms. The molecule has 8 aromatic carbocycles. The third-order valence-electron chi connectivity index (χ3n) is 14.9. The molecule has 0 unspecified atom stereocenters. The minimum Gasteiger partial charge on any atom is -0.493 e. The van der Waals surface area contributed by atoms with Gasteiger partial charge in [0.1, 0.15) is 28.8 Å². The quantitative estimate of drug-likeness (QED) is 0.0700. The Kier molecular flexibility index (Phi) is 16.5. The van der Waals surface area contributed by atoms with E-state index in [1.807, 2.05) is 109 Å². The molecular formula is C70H52B2Cl4N8O2. The van der Waals surface area contributed by atoms with Gasteiger partial charge in [-0.1, -0.05) is 242 Å². The Labute approximate surface area is 519 Å². The van der Waals surface area contributed by atoms with E-state index in [4.69, 9.17) is 75.8 Å².